The molecule has 0 aliphatic rings. The van der Waals surface area contributed by atoms with Crippen molar-refractivity contribution in [3.05, 3.63) is 51.8 Å². The van der Waals surface area contributed by atoms with Gasteiger partial charge in [0.05, 0.1) is 17.2 Å². The molecular formula is C11H11ClN2O4S. The van der Waals surface area contributed by atoms with Crippen molar-refractivity contribution < 1.29 is 12.8 Å². The number of aromatic nitrogens is 1. The van der Waals surface area contributed by atoms with Crippen LogP contribution in [0.2, 0.25) is 5.02 Å². The standard InChI is InChI=1S/C11H11ClN2O4S/c1-7(10-3-2-4-18-10)14-19(16,17)8-5-9(12)11(15)13-6-8/h2-7,14H,1H3,(H,13,15). The van der Waals surface area contributed by atoms with Crippen molar-refractivity contribution in [3.8, 4) is 0 Å². The molecule has 0 bridgehead atoms. The van der Waals surface area contributed by atoms with E-state index in [0.717, 1.165) is 12.3 Å². The molecule has 2 N–H and O–H groups in total. The third-order valence-corrected chi connectivity index (χ3v) is 4.24. The molecule has 8 heteroatoms. The topological polar surface area (TPSA) is 92.2 Å². The second-order valence-corrected chi connectivity index (χ2v) is 5.99. The van der Waals surface area contributed by atoms with E-state index in [1.54, 1.807) is 19.1 Å². The zero-order valence-electron chi connectivity index (χ0n) is 9.88. The average molecular weight is 303 g/mol. The number of furan rings is 1. The van der Waals surface area contributed by atoms with Gasteiger partial charge in [-0.05, 0) is 25.1 Å². The summed E-state index contributed by atoms with van der Waals surface area (Å²) in [7, 11) is -3.79. The van der Waals surface area contributed by atoms with E-state index in [2.05, 4.69) is 9.71 Å². The van der Waals surface area contributed by atoms with Crippen molar-refractivity contribution in [2.75, 3.05) is 0 Å². The van der Waals surface area contributed by atoms with E-state index in [-0.39, 0.29) is 9.92 Å². The van der Waals surface area contributed by atoms with E-state index in [9.17, 15) is 13.2 Å². The highest BCUT2D eigenvalue weighted by molar-refractivity contribution is 7.89. The number of aromatic amines is 1. The molecule has 0 aliphatic heterocycles. The lowest BCUT2D eigenvalue weighted by molar-refractivity contribution is 0.459. The molecule has 19 heavy (non-hydrogen) atoms. The Hall–Kier alpha value is -1.57. The second kappa shape index (κ2) is 5.20. The molecule has 0 saturated carbocycles. The zero-order valence-corrected chi connectivity index (χ0v) is 11.5. The first-order valence-electron chi connectivity index (χ1n) is 5.34. The van der Waals surface area contributed by atoms with E-state index in [1.165, 1.54) is 6.26 Å². The molecule has 2 rings (SSSR count). The summed E-state index contributed by atoms with van der Waals surface area (Å²) in [5, 5.41) is -0.187. The smallest absolute Gasteiger partial charge is 0.266 e. The van der Waals surface area contributed by atoms with Gasteiger partial charge in [0.1, 0.15) is 10.8 Å². The van der Waals surface area contributed by atoms with Crippen LogP contribution in [-0.2, 0) is 10.0 Å². The maximum Gasteiger partial charge on any atom is 0.266 e. The van der Waals surface area contributed by atoms with E-state index < -0.39 is 21.6 Å². The van der Waals surface area contributed by atoms with Crippen LogP contribution < -0.4 is 10.3 Å². The predicted octanol–water partition coefficient (Wildman–Crippen LogP) is 1.66. The molecule has 0 aliphatic carbocycles. The molecule has 0 aromatic carbocycles. The van der Waals surface area contributed by atoms with Crippen LogP contribution in [0.25, 0.3) is 0 Å². The molecule has 0 amide bonds. The van der Waals surface area contributed by atoms with Crippen LogP contribution in [0.4, 0.5) is 0 Å². The Bertz CT molecular complexity index is 721. The molecule has 0 fully saturated rings. The van der Waals surface area contributed by atoms with Gasteiger partial charge < -0.3 is 9.40 Å². The van der Waals surface area contributed by atoms with Gasteiger partial charge in [-0.25, -0.2) is 13.1 Å². The highest BCUT2D eigenvalue weighted by Crippen LogP contribution is 2.17. The van der Waals surface area contributed by atoms with Crippen molar-refractivity contribution in [1.82, 2.24) is 9.71 Å². The van der Waals surface area contributed by atoms with Gasteiger partial charge in [0.2, 0.25) is 10.0 Å². The van der Waals surface area contributed by atoms with Gasteiger partial charge in [0, 0.05) is 6.20 Å². The zero-order chi connectivity index (χ0) is 14.0. The van der Waals surface area contributed by atoms with E-state index >= 15 is 0 Å². The minimum atomic E-state index is -3.79. The average Bonchev–Trinajstić information content (AvgIpc) is 2.85. The molecule has 2 heterocycles. The SMILES string of the molecule is CC(NS(=O)(=O)c1c[nH]c(=O)c(Cl)c1)c1ccco1. The predicted molar refractivity (Wildman–Crippen MR) is 69.5 cm³/mol. The summed E-state index contributed by atoms with van der Waals surface area (Å²) >= 11 is 5.60. The Morgan fingerprint density at radius 2 is 2.21 bits per heavy atom. The summed E-state index contributed by atoms with van der Waals surface area (Å²) in [4.78, 5) is 13.2. The first kappa shape index (κ1) is 13.9. The van der Waals surface area contributed by atoms with Gasteiger partial charge in [-0.2, -0.15) is 0 Å². The van der Waals surface area contributed by atoms with Crippen molar-refractivity contribution in [2.24, 2.45) is 0 Å². The Kier molecular flexibility index (Phi) is 3.79. The Morgan fingerprint density at radius 1 is 1.47 bits per heavy atom. The van der Waals surface area contributed by atoms with Crippen LogP contribution in [0.1, 0.15) is 18.7 Å². The number of nitrogens with one attached hydrogen (secondary N) is 2. The molecule has 6 nitrogen and oxygen atoms in total. The molecule has 2 aromatic heterocycles. The first-order chi connectivity index (χ1) is 8.90. The number of rotatable bonds is 4. The monoisotopic (exact) mass is 302 g/mol. The highest BCUT2D eigenvalue weighted by Gasteiger charge is 2.20. The quantitative estimate of drug-likeness (QED) is 0.898. The summed E-state index contributed by atoms with van der Waals surface area (Å²) in [5.41, 5.74) is -0.542. The van der Waals surface area contributed by atoms with E-state index in [0.29, 0.717) is 5.76 Å². The van der Waals surface area contributed by atoms with Crippen LogP contribution >= 0.6 is 11.6 Å². The van der Waals surface area contributed by atoms with Crippen LogP contribution in [0, 0.1) is 0 Å². The molecule has 102 valence electrons. The maximum absolute atomic E-state index is 12.1. The lowest BCUT2D eigenvalue weighted by Crippen LogP contribution is -2.27. The largest absolute Gasteiger partial charge is 0.468 e. The normalized spacial score (nSPS) is 13.4. The number of sulfonamides is 1. The summed E-state index contributed by atoms with van der Waals surface area (Å²) in [6.07, 6.45) is 2.54. The first-order valence-corrected chi connectivity index (χ1v) is 7.20. The van der Waals surface area contributed by atoms with Crippen molar-refractivity contribution in [2.45, 2.75) is 17.9 Å². The molecule has 1 atom stereocenters. The number of pyridine rings is 1. The Labute approximate surface area is 114 Å². The van der Waals surface area contributed by atoms with Gasteiger partial charge >= 0.3 is 0 Å². The van der Waals surface area contributed by atoms with Crippen molar-refractivity contribution in [1.29, 1.82) is 0 Å². The van der Waals surface area contributed by atoms with E-state index in [1.807, 2.05) is 0 Å². The maximum atomic E-state index is 12.1. The van der Waals surface area contributed by atoms with Gasteiger partial charge in [0.25, 0.3) is 5.56 Å². The number of halogens is 1. The Balaban J connectivity index is 2.27. The third kappa shape index (κ3) is 3.06. The number of hydrogen-bond donors (Lipinski definition) is 2. The number of hydrogen-bond acceptors (Lipinski definition) is 4. The van der Waals surface area contributed by atoms with Gasteiger partial charge in [-0.15, -0.1) is 0 Å². The third-order valence-electron chi connectivity index (χ3n) is 2.44. The molecule has 0 saturated heterocycles. The van der Waals surface area contributed by atoms with Crippen LogP contribution in [-0.4, -0.2) is 13.4 Å². The van der Waals surface area contributed by atoms with E-state index in [4.69, 9.17) is 16.0 Å². The van der Waals surface area contributed by atoms with Crippen LogP contribution in [0.5, 0.6) is 0 Å². The summed E-state index contributed by atoms with van der Waals surface area (Å²) < 4.78 is 31.7. The minimum absolute atomic E-state index is 0.115. The highest BCUT2D eigenvalue weighted by atomic mass is 35.5. The molecular weight excluding hydrogens is 292 g/mol. The molecule has 2 aromatic rings. The van der Waals surface area contributed by atoms with Crippen LogP contribution in [0.15, 0.2) is 44.8 Å². The van der Waals surface area contributed by atoms with Gasteiger partial charge in [0.15, 0.2) is 0 Å². The fourth-order valence-corrected chi connectivity index (χ4v) is 2.93. The fourth-order valence-electron chi connectivity index (χ4n) is 1.49. The van der Waals surface area contributed by atoms with Crippen LogP contribution in [0.3, 0.4) is 0 Å². The Morgan fingerprint density at radius 3 is 2.79 bits per heavy atom. The minimum Gasteiger partial charge on any atom is -0.468 e. The molecule has 0 spiro atoms. The summed E-state index contributed by atoms with van der Waals surface area (Å²) in [6.45, 7) is 1.64. The summed E-state index contributed by atoms with van der Waals surface area (Å²) in [6, 6.07) is 3.88. The second-order valence-electron chi connectivity index (χ2n) is 3.87. The summed E-state index contributed by atoms with van der Waals surface area (Å²) in [5.74, 6) is 0.485. The fraction of sp³-hybridized carbons (Fsp3) is 0.182. The van der Waals surface area contributed by atoms with Crippen molar-refractivity contribution in [3.63, 3.8) is 0 Å². The van der Waals surface area contributed by atoms with Crippen molar-refractivity contribution >= 4 is 21.6 Å². The lowest BCUT2D eigenvalue weighted by atomic mass is 10.3. The van der Waals surface area contributed by atoms with Gasteiger partial charge in [-0.1, -0.05) is 11.6 Å². The number of H-pyrrole nitrogens is 1. The molecule has 1 unspecified atom stereocenters. The van der Waals surface area contributed by atoms with Gasteiger partial charge in [-0.3, -0.25) is 4.79 Å². The lowest BCUT2D eigenvalue weighted by Gasteiger charge is -2.11. The molecule has 0 radical (unpaired) electrons.